The Balaban J connectivity index is 1.25. The zero-order chi connectivity index (χ0) is 26.1. The number of thiophene rings is 1. The van der Waals surface area contributed by atoms with Crippen LogP contribution in [-0.2, 0) is 11.2 Å². The van der Waals surface area contributed by atoms with Gasteiger partial charge < -0.3 is 9.88 Å². The fraction of sp³-hybridized carbons (Fsp3) is 0.552. The fourth-order valence-electron chi connectivity index (χ4n) is 6.29. The standard InChI is InChI=1S/C29H38FN5OS/c1-18(2)29-33-32-20(4)35(29)25-16-23-10-11-24(17-25)34(23)14-13-26(27-12-5-19(3)37-27)31-28(36)15-21-6-8-22(30)9-7-21/h5-9,12,18,23-26H,10-11,13-17H2,1-4H3,(H,31,36)/t23-,24+,25?,26-/m0/s1. The summed E-state index contributed by atoms with van der Waals surface area (Å²) in [5.74, 6) is 2.19. The summed E-state index contributed by atoms with van der Waals surface area (Å²) >= 11 is 1.75. The molecule has 3 aromatic rings. The highest BCUT2D eigenvalue weighted by Crippen LogP contribution is 2.42. The number of rotatable bonds is 9. The van der Waals surface area contributed by atoms with E-state index < -0.39 is 0 Å². The van der Waals surface area contributed by atoms with Crippen molar-refractivity contribution in [2.24, 2.45) is 0 Å². The van der Waals surface area contributed by atoms with E-state index in [9.17, 15) is 9.18 Å². The predicted molar refractivity (Wildman–Crippen MR) is 145 cm³/mol. The molecule has 2 aliphatic rings. The maximum absolute atomic E-state index is 13.3. The Bertz CT molecular complexity index is 1210. The van der Waals surface area contributed by atoms with Gasteiger partial charge in [-0.3, -0.25) is 9.69 Å². The highest BCUT2D eigenvalue weighted by Gasteiger charge is 2.42. The van der Waals surface area contributed by atoms with Crippen LogP contribution in [0.2, 0.25) is 0 Å². The van der Waals surface area contributed by atoms with Crippen molar-refractivity contribution in [2.45, 2.75) is 96.3 Å². The summed E-state index contributed by atoms with van der Waals surface area (Å²) in [4.78, 5) is 18.1. The number of hydrogen-bond donors (Lipinski definition) is 1. The van der Waals surface area contributed by atoms with Crippen molar-refractivity contribution in [3.8, 4) is 0 Å². The van der Waals surface area contributed by atoms with E-state index in [0.29, 0.717) is 24.0 Å². The average Bonchev–Trinajstić information content (AvgIpc) is 3.53. The highest BCUT2D eigenvalue weighted by molar-refractivity contribution is 7.12. The van der Waals surface area contributed by atoms with E-state index in [1.54, 1.807) is 23.5 Å². The smallest absolute Gasteiger partial charge is 0.224 e. The summed E-state index contributed by atoms with van der Waals surface area (Å²) in [6.07, 6.45) is 5.88. The molecular formula is C29H38FN5OS. The second-order valence-electron chi connectivity index (χ2n) is 11.0. The summed E-state index contributed by atoms with van der Waals surface area (Å²) in [5, 5.41) is 12.2. The van der Waals surface area contributed by atoms with Gasteiger partial charge in [-0.1, -0.05) is 26.0 Å². The van der Waals surface area contributed by atoms with Crippen molar-refractivity contribution in [2.75, 3.05) is 6.54 Å². The van der Waals surface area contributed by atoms with Gasteiger partial charge in [-0.2, -0.15) is 0 Å². The van der Waals surface area contributed by atoms with E-state index in [1.165, 1.54) is 34.7 Å². The molecule has 37 heavy (non-hydrogen) atoms. The van der Waals surface area contributed by atoms with Gasteiger partial charge in [0.1, 0.15) is 17.5 Å². The molecule has 2 aliphatic heterocycles. The van der Waals surface area contributed by atoms with Crippen molar-refractivity contribution in [3.05, 3.63) is 69.2 Å². The van der Waals surface area contributed by atoms with Gasteiger partial charge in [-0.25, -0.2) is 4.39 Å². The van der Waals surface area contributed by atoms with Gasteiger partial charge in [-0.05, 0) is 75.8 Å². The lowest BCUT2D eigenvalue weighted by Crippen LogP contribution is -2.45. The number of amides is 1. The molecule has 2 saturated heterocycles. The second kappa shape index (κ2) is 11.0. The minimum atomic E-state index is -0.283. The Hall–Kier alpha value is -2.58. The van der Waals surface area contributed by atoms with Crippen LogP contribution in [0.15, 0.2) is 36.4 Å². The number of nitrogens with zero attached hydrogens (tertiary/aromatic N) is 4. The molecular weight excluding hydrogens is 485 g/mol. The summed E-state index contributed by atoms with van der Waals surface area (Å²) in [7, 11) is 0. The molecule has 2 bridgehead atoms. The molecule has 5 rings (SSSR count). The zero-order valence-electron chi connectivity index (χ0n) is 22.3. The molecule has 1 unspecified atom stereocenters. The normalized spacial score (nSPS) is 22.5. The first-order chi connectivity index (χ1) is 17.8. The summed E-state index contributed by atoms with van der Waals surface area (Å²) in [5.41, 5.74) is 0.824. The van der Waals surface area contributed by atoms with Gasteiger partial charge in [-0.15, -0.1) is 21.5 Å². The monoisotopic (exact) mass is 523 g/mol. The minimum absolute atomic E-state index is 0.0172. The lowest BCUT2D eigenvalue weighted by Gasteiger charge is -2.40. The number of piperidine rings is 1. The van der Waals surface area contributed by atoms with Crippen molar-refractivity contribution in [1.29, 1.82) is 0 Å². The van der Waals surface area contributed by atoms with E-state index in [0.717, 1.165) is 43.0 Å². The van der Waals surface area contributed by atoms with Crippen molar-refractivity contribution in [3.63, 3.8) is 0 Å². The zero-order valence-corrected chi connectivity index (χ0v) is 23.1. The van der Waals surface area contributed by atoms with E-state index in [-0.39, 0.29) is 24.2 Å². The van der Waals surface area contributed by atoms with Crippen LogP contribution >= 0.6 is 11.3 Å². The van der Waals surface area contributed by atoms with Crippen molar-refractivity contribution >= 4 is 17.2 Å². The van der Waals surface area contributed by atoms with Crippen LogP contribution in [-0.4, -0.2) is 44.2 Å². The first-order valence-corrected chi connectivity index (χ1v) is 14.4. The molecule has 198 valence electrons. The fourth-order valence-corrected chi connectivity index (χ4v) is 7.25. The third kappa shape index (κ3) is 5.80. The number of hydrogen-bond acceptors (Lipinski definition) is 5. The van der Waals surface area contributed by atoms with Crippen LogP contribution < -0.4 is 5.32 Å². The summed E-state index contributed by atoms with van der Waals surface area (Å²) in [6.45, 7) is 9.55. The Morgan fingerprint density at radius 2 is 1.76 bits per heavy atom. The molecule has 0 spiro atoms. The first kappa shape index (κ1) is 26.0. The molecule has 1 amide bonds. The third-order valence-corrected chi connectivity index (χ3v) is 9.14. The number of aromatic nitrogens is 3. The van der Waals surface area contributed by atoms with Gasteiger partial charge >= 0.3 is 0 Å². The second-order valence-corrected chi connectivity index (χ2v) is 12.4. The van der Waals surface area contributed by atoms with Crippen LogP contribution in [0.4, 0.5) is 4.39 Å². The topological polar surface area (TPSA) is 63.1 Å². The summed E-state index contributed by atoms with van der Waals surface area (Å²) in [6, 6.07) is 12.0. The summed E-state index contributed by atoms with van der Waals surface area (Å²) < 4.78 is 15.7. The first-order valence-electron chi connectivity index (χ1n) is 13.6. The van der Waals surface area contributed by atoms with Gasteiger partial charge in [0.25, 0.3) is 0 Å². The Morgan fingerprint density at radius 1 is 1.05 bits per heavy atom. The van der Waals surface area contributed by atoms with Crippen LogP contribution in [0, 0.1) is 19.7 Å². The van der Waals surface area contributed by atoms with Gasteiger partial charge in [0.2, 0.25) is 5.91 Å². The number of fused-ring (bicyclic) bond motifs is 2. The number of carbonyl (C=O) groups excluding carboxylic acids is 1. The molecule has 1 aromatic carbocycles. The number of carbonyl (C=O) groups is 1. The molecule has 4 atom stereocenters. The lowest BCUT2D eigenvalue weighted by molar-refractivity contribution is -0.121. The maximum Gasteiger partial charge on any atom is 0.224 e. The van der Waals surface area contributed by atoms with Gasteiger partial charge in [0.05, 0.1) is 12.5 Å². The van der Waals surface area contributed by atoms with Crippen molar-refractivity contribution < 1.29 is 9.18 Å². The quantitative estimate of drug-likeness (QED) is 0.381. The Labute approximate surface area is 223 Å². The highest BCUT2D eigenvalue weighted by atomic mass is 32.1. The van der Waals surface area contributed by atoms with Gasteiger partial charge in [0.15, 0.2) is 0 Å². The molecule has 1 N–H and O–H groups in total. The van der Waals surface area contributed by atoms with Crippen LogP contribution in [0.1, 0.15) is 90.9 Å². The van der Waals surface area contributed by atoms with Crippen LogP contribution in [0.3, 0.4) is 0 Å². The molecule has 0 radical (unpaired) electrons. The van der Waals surface area contributed by atoms with E-state index in [4.69, 9.17) is 0 Å². The maximum atomic E-state index is 13.3. The molecule has 8 heteroatoms. The van der Waals surface area contributed by atoms with Crippen LogP contribution in [0.25, 0.3) is 0 Å². The van der Waals surface area contributed by atoms with E-state index >= 15 is 0 Å². The van der Waals surface area contributed by atoms with Crippen LogP contribution in [0.5, 0.6) is 0 Å². The van der Waals surface area contributed by atoms with Gasteiger partial charge in [0, 0.05) is 40.3 Å². The number of benzene rings is 1. The Kier molecular flexibility index (Phi) is 7.77. The third-order valence-electron chi connectivity index (χ3n) is 8.03. The number of aryl methyl sites for hydroxylation is 2. The molecule has 2 aromatic heterocycles. The molecule has 4 heterocycles. The predicted octanol–water partition coefficient (Wildman–Crippen LogP) is 5.88. The Morgan fingerprint density at radius 3 is 2.38 bits per heavy atom. The number of nitrogens with one attached hydrogen (secondary N) is 1. The minimum Gasteiger partial charge on any atom is -0.348 e. The number of halogens is 1. The molecule has 0 saturated carbocycles. The van der Waals surface area contributed by atoms with Crippen molar-refractivity contribution in [1.82, 2.24) is 25.0 Å². The van der Waals surface area contributed by atoms with E-state index in [1.807, 2.05) is 0 Å². The SMILES string of the molecule is Cc1ccc([C@H](CCN2[C@@H]3CC[C@H]2CC(n2c(C)nnc2C(C)C)C3)NC(=O)Cc2ccc(F)cc2)s1. The van der Waals surface area contributed by atoms with E-state index in [2.05, 4.69) is 64.8 Å². The average molecular weight is 524 g/mol. The molecule has 0 aliphatic carbocycles. The molecule has 2 fully saturated rings. The largest absolute Gasteiger partial charge is 0.348 e. The lowest BCUT2D eigenvalue weighted by atomic mass is 9.95. The molecule has 6 nitrogen and oxygen atoms in total.